The maximum absolute atomic E-state index is 11.4. The minimum atomic E-state index is -0.877. The number of hydrogen-bond donors (Lipinski definition) is 2. The molecule has 1 aromatic heterocycles. The number of anilines is 2. The minimum Gasteiger partial charge on any atom is -0.494 e. The molecular formula is C23H20N2O3S. The van der Waals surface area contributed by atoms with Crippen molar-refractivity contribution in [1.29, 1.82) is 0 Å². The van der Waals surface area contributed by atoms with Crippen LogP contribution in [-0.2, 0) is 11.2 Å². The summed E-state index contributed by atoms with van der Waals surface area (Å²) in [7, 11) is 0. The van der Waals surface area contributed by atoms with Gasteiger partial charge in [-0.15, -0.1) is 11.3 Å². The van der Waals surface area contributed by atoms with Crippen molar-refractivity contribution >= 4 is 38.9 Å². The van der Waals surface area contributed by atoms with Crippen molar-refractivity contribution < 1.29 is 14.6 Å². The van der Waals surface area contributed by atoms with E-state index in [4.69, 9.17) is 9.72 Å². The maximum Gasteiger partial charge on any atom is 0.308 e. The number of thiazole rings is 1. The van der Waals surface area contributed by atoms with Crippen LogP contribution < -0.4 is 10.1 Å². The van der Waals surface area contributed by atoms with Crippen LogP contribution in [0.5, 0.6) is 5.75 Å². The zero-order valence-corrected chi connectivity index (χ0v) is 16.7. The number of nitrogens with one attached hydrogen (secondary N) is 1. The topological polar surface area (TPSA) is 71.5 Å². The van der Waals surface area contributed by atoms with E-state index in [1.807, 2.05) is 55.5 Å². The first-order valence-electron chi connectivity index (χ1n) is 9.33. The summed E-state index contributed by atoms with van der Waals surface area (Å²) in [6.45, 7) is 2.53. The summed E-state index contributed by atoms with van der Waals surface area (Å²) in [5.41, 5.74) is 2.49. The van der Waals surface area contributed by atoms with Crippen LogP contribution in [0.2, 0.25) is 0 Å². The fraction of sp³-hybridized carbons (Fsp3) is 0.130. The first-order valence-corrected chi connectivity index (χ1v) is 10.1. The van der Waals surface area contributed by atoms with Gasteiger partial charge in [0.2, 0.25) is 0 Å². The Kier molecular flexibility index (Phi) is 5.44. The van der Waals surface area contributed by atoms with Crippen molar-refractivity contribution in [3.63, 3.8) is 0 Å². The zero-order valence-electron chi connectivity index (χ0n) is 15.9. The summed E-state index contributed by atoms with van der Waals surface area (Å²) in [6, 6.07) is 21.7. The lowest BCUT2D eigenvalue weighted by Gasteiger charge is -2.07. The molecule has 0 aliphatic rings. The first-order chi connectivity index (χ1) is 14.1. The highest BCUT2D eigenvalue weighted by Gasteiger charge is 2.16. The quantitative estimate of drug-likeness (QED) is 0.411. The highest BCUT2D eigenvalue weighted by molar-refractivity contribution is 7.16. The van der Waals surface area contributed by atoms with Crippen molar-refractivity contribution in [2.24, 2.45) is 0 Å². The monoisotopic (exact) mass is 404 g/mol. The second kappa shape index (κ2) is 8.32. The van der Waals surface area contributed by atoms with E-state index in [0.29, 0.717) is 22.3 Å². The van der Waals surface area contributed by atoms with Crippen molar-refractivity contribution in [3.05, 3.63) is 71.6 Å². The number of aliphatic carboxylic acids is 1. The molecule has 0 spiro atoms. The van der Waals surface area contributed by atoms with E-state index in [-0.39, 0.29) is 6.42 Å². The number of rotatable bonds is 7. The molecule has 0 bridgehead atoms. The van der Waals surface area contributed by atoms with E-state index in [1.54, 1.807) is 0 Å². The van der Waals surface area contributed by atoms with Crippen LogP contribution in [0.3, 0.4) is 0 Å². The molecule has 0 aliphatic heterocycles. The number of carbonyl (C=O) groups is 1. The van der Waals surface area contributed by atoms with Crippen LogP contribution in [0.15, 0.2) is 66.7 Å². The van der Waals surface area contributed by atoms with Crippen LogP contribution >= 0.6 is 11.3 Å². The average Bonchev–Trinajstić information content (AvgIpc) is 3.10. The molecule has 0 atom stereocenters. The Balaban J connectivity index is 1.70. The predicted octanol–water partition coefficient (Wildman–Crippen LogP) is 5.73. The molecule has 0 radical (unpaired) electrons. The second-order valence-electron chi connectivity index (χ2n) is 6.47. The van der Waals surface area contributed by atoms with Gasteiger partial charge in [-0.05, 0) is 42.6 Å². The number of hydrogen-bond acceptors (Lipinski definition) is 5. The maximum atomic E-state index is 11.4. The molecule has 1 heterocycles. The number of carboxylic acids is 1. The molecular weight excluding hydrogens is 384 g/mol. The Morgan fingerprint density at radius 1 is 1.07 bits per heavy atom. The van der Waals surface area contributed by atoms with Crippen LogP contribution in [0.25, 0.3) is 22.0 Å². The molecule has 0 unspecified atom stereocenters. The van der Waals surface area contributed by atoms with Gasteiger partial charge >= 0.3 is 5.97 Å². The number of benzene rings is 3. The Labute approximate surface area is 172 Å². The van der Waals surface area contributed by atoms with Gasteiger partial charge in [-0.2, -0.15) is 0 Å². The first kappa shape index (κ1) is 19.0. The lowest BCUT2D eigenvalue weighted by atomic mass is 10.1. The van der Waals surface area contributed by atoms with Gasteiger partial charge in [0.1, 0.15) is 5.75 Å². The second-order valence-corrected chi connectivity index (χ2v) is 7.55. The van der Waals surface area contributed by atoms with Gasteiger partial charge in [0.25, 0.3) is 0 Å². The van der Waals surface area contributed by atoms with Gasteiger partial charge in [-0.25, -0.2) is 4.98 Å². The number of carboxylic acid groups (broad SMARTS) is 1. The molecule has 0 amide bonds. The summed E-state index contributed by atoms with van der Waals surface area (Å²) in [5, 5.41) is 15.6. The van der Waals surface area contributed by atoms with Crippen molar-refractivity contribution in [1.82, 2.24) is 4.98 Å². The van der Waals surface area contributed by atoms with E-state index in [0.717, 1.165) is 27.8 Å². The van der Waals surface area contributed by atoms with Crippen molar-refractivity contribution in [2.75, 3.05) is 11.9 Å². The van der Waals surface area contributed by atoms with E-state index < -0.39 is 5.97 Å². The fourth-order valence-electron chi connectivity index (χ4n) is 3.21. The predicted molar refractivity (Wildman–Crippen MR) is 117 cm³/mol. The molecule has 4 aromatic rings. The number of aromatic nitrogens is 1. The highest BCUT2D eigenvalue weighted by Crippen LogP contribution is 2.35. The summed E-state index contributed by atoms with van der Waals surface area (Å²) in [5.74, 6) is -0.0992. The van der Waals surface area contributed by atoms with Gasteiger partial charge in [0.15, 0.2) is 5.13 Å². The molecule has 5 nitrogen and oxygen atoms in total. The third kappa shape index (κ3) is 4.22. The standard InChI is InChI=1S/C23H20N2O3S/c1-2-28-17-12-10-16(11-13-17)22-20(14-21(26)27)29-23(25-22)24-19-9-5-7-15-6-3-4-8-18(15)19/h3-13H,2,14H2,1H3,(H,24,25)(H,26,27). The Hall–Kier alpha value is -3.38. The fourth-order valence-corrected chi connectivity index (χ4v) is 4.20. The third-order valence-electron chi connectivity index (χ3n) is 4.48. The average molecular weight is 404 g/mol. The van der Waals surface area contributed by atoms with Crippen molar-refractivity contribution in [3.8, 4) is 17.0 Å². The molecule has 146 valence electrons. The number of fused-ring (bicyclic) bond motifs is 1. The number of nitrogens with zero attached hydrogens (tertiary/aromatic N) is 1. The van der Waals surface area contributed by atoms with E-state index in [9.17, 15) is 9.90 Å². The molecule has 0 fully saturated rings. The largest absolute Gasteiger partial charge is 0.494 e. The molecule has 0 saturated heterocycles. The highest BCUT2D eigenvalue weighted by atomic mass is 32.1. The van der Waals surface area contributed by atoms with Crippen LogP contribution in [-0.4, -0.2) is 22.7 Å². The molecule has 29 heavy (non-hydrogen) atoms. The normalized spacial score (nSPS) is 10.8. The minimum absolute atomic E-state index is 0.0720. The Morgan fingerprint density at radius 2 is 1.83 bits per heavy atom. The molecule has 4 rings (SSSR count). The van der Waals surface area contributed by atoms with Crippen LogP contribution in [0.4, 0.5) is 10.8 Å². The smallest absolute Gasteiger partial charge is 0.308 e. The van der Waals surface area contributed by atoms with Gasteiger partial charge in [0, 0.05) is 21.5 Å². The van der Waals surface area contributed by atoms with Gasteiger partial charge in [-0.1, -0.05) is 36.4 Å². The van der Waals surface area contributed by atoms with Gasteiger partial charge in [-0.3, -0.25) is 4.79 Å². The Morgan fingerprint density at radius 3 is 2.59 bits per heavy atom. The molecule has 0 aliphatic carbocycles. The number of ether oxygens (including phenoxy) is 1. The van der Waals surface area contributed by atoms with E-state index in [1.165, 1.54) is 11.3 Å². The summed E-state index contributed by atoms with van der Waals surface area (Å²) < 4.78 is 5.49. The lowest BCUT2D eigenvalue weighted by Crippen LogP contribution is -1.99. The molecule has 2 N–H and O–H groups in total. The van der Waals surface area contributed by atoms with Crippen LogP contribution in [0, 0.1) is 0 Å². The van der Waals surface area contributed by atoms with E-state index >= 15 is 0 Å². The zero-order chi connectivity index (χ0) is 20.2. The van der Waals surface area contributed by atoms with Crippen LogP contribution in [0.1, 0.15) is 11.8 Å². The third-order valence-corrected chi connectivity index (χ3v) is 5.45. The summed E-state index contributed by atoms with van der Waals surface area (Å²) in [4.78, 5) is 16.8. The van der Waals surface area contributed by atoms with Gasteiger partial charge < -0.3 is 15.2 Å². The summed E-state index contributed by atoms with van der Waals surface area (Å²) in [6.07, 6.45) is -0.0720. The lowest BCUT2D eigenvalue weighted by molar-refractivity contribution is -0.136. The Bertz CT molecular complexity index is 1150. The van der Waals surface area contributed by atoms with Gasteiger partial charge in [0.05, 0.1) is 18.7 Å². The van der Waals surface area contributed by atoms with Crippen molar-refractivity contribution in [2.45, 2.75) is 13.3 Å². The summed E-state index contributed by atoms with van der Waals surface area (Å²) >= 11 is 1.37. The van der Waals surface area contributed by atoms with E-state index in [2.05, 4.69) is 23.5 Å². The molecule has 0 saturated carbocycles. The molecule has 3 aromatic carbocycles. The molecule has 6 heteroatoms. The SMILES string of the molecule is CCOc1ccc(-c2nc(Nc3cccc4ccccc34)sc2CC(=O)O)cc1.